The molecule has 154 valence electrons. The Labute approximate surface area is 182 Å². The van der Waals surface area contributed by atoms with Gasteiger partial charge < -0.3 is 10.1 Å². The van der Waals surface area contributed by atoms with Crippen molar-refractivity contribution in [1.82, 2.24) is 5.32 Å². The monoisotopic (exact) mass is 408 g/mol. The Morgan fingerprint density at radius 1 is 1.06 bits per heavy atom. The zero-order chi connectivity index (χ0) is 21.6. The van der Waals surface area contributed by atoms with Crippen LogP contribution in [0.2, 0.25) is 0 Å². The first-order chi connectivity index (χ1) is 15.2. The van der Waals surface area contributed by atoms with E-state index in [1.54, 1.807) is 0 Å². The summed E-state index contributed by atoms with van der Waals surface area (Å²) in [6, 6.07) is 24.6. The number of rotatable bonds is 6. The molecule has 0 unspecified atom stereocenters. The van der Waals surface area contributed by atoms with Gasteiger partial charge in [-0.15, -0.1) is 0 Å². The Hall–Kier alpha value is -3.84. The molecule has 3 aromatic carbocycles. The molecule has 3 aromatic rings. The number of aryl methyl sites for hydroxylation is 1. The lowest BCUT2D eigenvalue weighted by atomic mass is 9.98. The van der Waals surface area contributed by atoms with Crippen molar-refractivity contribution in [2.45, 2.75) is 19.3 Å². The number of alkyl carbamates (subject to hydrolysis) is 1. The second kappa shape index (κ2) is 9.32. The average Bonchev–Trinajstić information content (AvgIpc) is 3.12. The Morgan fingerprint density at radius 2 is 1.74 bits per heavy atom. The maximum Gasteiger partial charge on any atom is 0.407 e. The molecule has 0 bridgehead atoms. The number of carbonyl (C=O) groups is 1. The van der Waals surface area contributed by atoms with Gasteiger partial charge in [-0.2, -0.15) is 5.26 Å². The van der Waals surface area contributed by atoms with Crippen molar-refractivity contribution in [1.29, 1.82) is 5.26 Å². The fourth-order valence-corrected chi connectivity index (χ4v) is 4.03. The van der Waals surface area contributed by atoms with Crippen LogP contribution in [0.1, 0.15) is 40.2 Å². The van der Waals surface area contributed by atoms with Gasteiger partial charge in [0.1, 0.15) is 6.61 Å². The highest BCUT2D eigenvalue weighted by Gasteiger charge is 2.28. The number of nitrogens with zero attached hydrogens (tertiary/aromatic N) is 1. The second-order valence-corrected chi connectivity index (χ2v) is 7.65. The lowest BCUT2D eigenvalue weighted by molar-refractivity contribution is 0.143. The molecule has 4 rings (SSSR count). The van der Waals surface area contributed by atoms with Crippen LogP contribution in [-0.2, 0) is 4.74 Å². The summed E-state index contributed by atoms with van der Waals surface area (Å²) in [7, 11) is 0. The Kier molecular flexibility index (Phi) is 6.14. The molecule has 0 saturated carbocycles. The van der Waals surface area contributed by atoms with Crippen LogP contribution in [0.25, 0.3) is 17.2 Å². The highest BCUT2D eigenvalue weighted by atomic mass is 16.5. The van der Waals surface area contributed by atoms with E-state index in [0.29, 0.717) is 25.1 Å². The van der Waals surface area contributed by atoms with Crippen LogP contribution in [0.4, 0.5) is 4.79 Å². The van der Waals surface area contributed by atoms with Crippen LogP contribution in [0, 0.1) is 18.3 Å². The first-order valence-electron chi connectivity index (χ1n) is 10.4. The number of carbonyl (C=O) groups excluding carboxylic acids is 1. The Morgan fingerprint density at radius 3 is 2.42 bits per heavy atom. The van der Waals surface area contributed by atoms with Gasteiger partial charge in [0.05, 0.1) is 11.6 Å². The summed E-state index contributed by atoms with van der Waals surface area (Å²) < 4.78 is 5.54. The summed E-state index contributed by atoms with van der Waals surface area (Å²) in [5.41, 5.74) is 7.42. The molecule has 0 aliphatic heterocycles. The topological polar surface area (TPSA) is 62.1 Å². The largest absolute Gasteiger partial charge is 0.449 e. The normalized spacial score (nSPS) is 12.3. The van der Waals surface area contributed by atoms with Gasteiger partial charge in [-0.1, -0.05) is 72.8 Å². The maximum atomic E-state index is 12.2. The third-order valence-corrected chi connectivity index (χ3v) is 5.55. The Balaban J connectivity index is 1.28. The molecule has 31 heavy (non-hydrogen) atoms. The molecule has 1 aliphatic rings. The summed E-state index contributed by atoms with van der Waals surface area (Å²) in [6.45, 7) is 2.75. The van der Waals surface area contributed by atoms with Gasteiger partial charge in [0.15, 0.2) is 0 Å². The second-order valence-electron chi connectivity index (χ2n) is 7.65. The molecule has 0 atom stereocenters. The van der Waals surface area contributed by atoms with Gasteiger partial charge in [-0.3, -0.25) is 0 Å². The number of hydrogen-bond acceptors (Lipinski definition) is 3. The average molecular weight is 409 g/mol. The number of ether oxygens (including phenoxy) is 1. The van der Waals surface area contributed by atoms with Crippen LogP contribution in [0.15, 0.2) is 72.8 Å². The molecule has 0 saturated heterocycles. The van der Waals surface area contributed by atoms with Crippen molar-refractivity contribution in [3.63, 3.8) is 0 Å². The highest BCUT2D eigenvalue weighted by Crippen LogP contribution is 2.44. The maximum absolute atomic E-state index is 12.2. The predicted molar refractivity (Wildman–Crippen MR) is 123 cm³/mol. The minimum Gasteiger partial charge on any atom is -0.449 e. The number of hydrogen-bond donors (Lipinski definition) is 1. The van der Waals surface area contributed by atoms with Gasteiger partial charge >= 0.3 is 6.09 Å². The van der Waals surface area contributed by atoms with Gasteiger partial charge in [-0.05, 0) is 52.8 Å². The van der Waals surface area contributed by atoms with Gasteiger partial charge in [-0.25, -0.2) is 4.79 Å². The molecule has 0 heterocycles. The van der Waals surface area contributed by atoms with Crippen molar-refractivity contribution in [2.75, 3.05) is 13.2 Å². The lowest BCUT2D eigenvalue weighted by Gasteiger charge is -2.14. The van der Waals surface area contributed by atoms with E-state index in [9.17, 15) is 10.1 Å². The lowest BCUT2D eigenvalue weighted by Crippen LogP contribution is -2.26. The minimum absolute atomic E-state index is 0.0592. The van der Waals surface area contributed by atoms with Crippen molar-refractivity contribution >= 4 is 12.2 Å². The van der Waals surface area contributed by atoms with E-state index in [0.717, 1.165) is 11.1 Å². The number of amides is 1. The zero-order valence-corrected chi connectivity index (χ0v) is 17.5. The van der Waals surface area contributed by atoms with Crippen molar-refractivity contribution in [2.24, 2.45) is 0 Å². The smallest absolute Gasteiger partial charge is 0.407 e. The SMILES string of the molecule is Cc1ccc(C=CCCNC(=O)OCC2c3ccccc3-c3ccccc32)c(C#N)c1. The summed E-state index contributed by atoms with van der Waals surface area (Å²) in [4.78, 5) is 12.2. The summed E-state index contributed by atoms with van der Waals surface area (Å²) in [6.07, 6.45) is 4.11. The Bertz CT molecular complexity index is 1130. The van der Waals surface area contributed by atoms with Gasteiger partial charge in [0.25, 0.3) is 0 Å². The molecular weight excluding hydrogens is 384 g/mol. The van der Waals surface area contributed by atoms with E-state index in [-0.39, 0.29) is 5.92 Å². The van der Waals surface area contributed by atoms with E-state index < -0.39 is 6.09 Å². The third kappa shape index (κ3) is 4.51. The zero-order valence-electron chi connectivity index (χ0n) is 17.5. The first kappa shape index (κ1) is 20.4. The molecule has 1 aliphatic carbocycles. The molecule has 4 heteroatoms. The van der Waals surface area contributed by atoms with E-state index in [2.05, 4.69) is 35.7 Å². The van der Waals surface area contributed by atoms with Crippen LogP contribution in [-0.4, -0.2) is 19.2 Å². The quantitative estimate of drug-likeness (QED) is 0.524. The van der Waals surface area contributed by atoms with Crippen molar-refractivity contribution < 1.29 is 9.53 Å². The third-order valence-electron chi connectivity index (χ3n) is 5.55. The summed E-state index contributed by atoms with van der Waals surface area (Å²) in [5, 5.41) is 12.0. The van der Waals surface area contributed by atoms with Crippen LogP contribution >= 0.6 is 0 Å². The fourth-order valence-electron chi connectivity index (χ4n) is 4.03. The number of nitrogens with one attached hydrogen (secondary N) is 1. The summed E-state index contributed by atoms with van der Waals surface area (Å²) in [5.74, 6) is 0.0592. The molecule has 0 aromatic heterocycles. The van der Waals surface area contributed by atoms with Gasteiger partial charge in [0.2, 0.25) is 0 Å². The number of nitriles is 1. The molecule has 1 amide bonds. The molecule has 0 fully saturated rings. The summed E-state index contributed by atoms with van der Waals surface area (Å²) >= 11 is 0. The molecule has 0 radical (unpaired) electrons. The molecule has 1 N–H and O–H groups in total. The van der Waals surface area contributed by atoms with Crippen molar-refractivity contribution in [3.8, 4) is 17.2 Å². The molecule has 0 spiro atoms. The highest BCUT2D eigenvalue weighted by molar-refractivity contribution is 5.79. The van der Waals surface area contributed by atoms with Crippen LogP contribution in [0.5, 0.6) is 0 Å². The predicted octanol–water partition coefficient (Wildman–Crippen LogP) is 5.81. The van der Waals surface area contributed by atoms with Crippen molar-refractivity contribution in [3.05, 3.63) is 101 Å². The van der Waals surface area contributed by atoms with Crippen LogP contribution < -0.4 is 5.32 Å². The van der Waals surface area contributed by atoms with Gasteiger partial charge in [0, 0.05) is 12.5 Å². The van der Waals surface area contributed by atoms with E-state index in [1.165, 1.54) is 22.3 Å². The molecule has 4 nitrogen and oxygen atoms in total. The first-order valence-corrected chi connectivity index (χ1v) is 10.4. The minimum atomic E-state index is -0.414. The molecular formula is C27H24N2O2. The van der Waals surface area contributed by atoms with E-state index in [4.69, 9.17) is 4.74 Å². The fraction of sp³-hybridized carbons (Fsp3) is 0.185. The number of fused-ring (bicyclic) bond motifs is 3. The number of benzene rings is 3. The standard InChI is InChI=1S/C27H24N2O2/c1-19-13-14-20(21(16-19)17-28)8-6-7-15-29-27(30)31-18-26-24-11-4-2-9-22(24)23-10-3-5-12-25(23)26/h2-6,8-14,16,26H,7,15,18H2,1H3,(H,29,30). The van der Waals surface area contributed by atoms with Crippen LogP contribution in [0.3, 0.4) is 0 Å². The van der Waals surface area contributed by atoms with E-state index in [1.807, 2.05) is 61.5 Å². The van der Waals surface area contributed by atoms with E-state index >= 15 is 0 Å².